The molecule has 0 aromatic carbocycles. The molecule has 0 unspecified atom stereocenters. The lowest BCUT2D eigenvalue weighted by Gasteiger charge is -2.70. The molecule has 194 valence electrons. The van der Waals surface area contributed by atoms with Gasteiger partial charge in [-0.25, -0.2) is 0 Å². The number of ether oxygens (including phenoxy) is 5. The lowest BCUT2D eigenvalue weighted by Crippen LogP contribution is -2.85. The number of carbonyl (C=O) groups excluding carboxylic acids is 1. The topological polar surface area (TPSA) is 107 Å². The van der Waals surface area contributed by atoms with E-state index in [1.54, 1.807) is 14.2 Å². The van der Waals surface area contributed by atoms with E-state index in [0.717, 1.165) is 13.1 Å². The summed E-state index contributed by atoms with van der Waals surface area (Å²) in [5.41, 5.74) is -4.69. The molecule has 7 aliphatic rings. The number of fused-ring (bicyclic) bond motifs is 1. The first-order valence-electron chi connectivity index (χ1n) is 13.0. The minimum absolute atomic E-state index is 0.0107. The molecule has 2 heterocycles. The van der Waals surface area contributed by atoms with Crippen LogP contribution >= 0.6 is 0 Å². The minimum Gasteiger partial charge on any atom is -0.459 e. The van der Waals surface area contributed by atoms with Gasteiger partial charge in [0.25, 0.3) is 0 Å². The lowest BCUT2D eigenvalue weighted by atomic mass is 9.42. The van der Waals surface area contributed by atoms with E-state index < -0.39 is 58.0 Å². The Balaban J connectivity index is 1.63. The number of hydrogen-bond acceptors (Lipinski definition) is 9. The van der Waals surface area contributed by atoms with Crippen LogP contribution in [0.25, 0.3) is 0 Å². The third-order valence-electron chi connectivity index (χ3n) is 11.4. The van der Waals surface area contributed by atoms with Gasteiger partial charge in [-0.2, -0.15) is 0 Å². The monoisotopic (exact) mass is 491 g/mol. The first-order valence-corrected chi connectivity index (χ1v) is 13.0. The van der Waals surface area contributed by atoms with E-state index >= 15 is 0 Å². The molecule has 6 fully saturated rings. The van der Waals surface area contributed by atoms with Crippen LogP contribution in [0.4, 0.5) is 0 Å². The van der Waals surface area contributed by atoms with Gasteiger partial charge in [0.05, 0.1) is 35.4 Å². The smallest absolute Gasteiger partial charge is 0.303 e. The number of likely N-dealkylation sites (N-methyl/N-ethyl adjacent to an activating group) is 1. The van der Waals surface area contributed by atoms with Crippen LogP contribution in [0.1, 0.15) is 33.6 Å². The summed E-state index contributed by atoms with van der Waals surface area (Å²) in [6.07, 6.45) is 2.72. The van der Waals surface area contributed by atoms with Gasteiger partial charge < -0.3 is 33.9 Å². The Labute approximate surface area is 205 Å². The highest BCUT2D eigenvalue weighted by molar-refractivity contribution is 5.67. The Morgan fingerprint density at radius 3 is 2.63 bits per heavy atom. The molecular weight excluding hydrogens is 454 g/mol. The standard InChI is InChI=1S/C26H37NO8/c1-6-27-11-22(3)8-7-16(31-4)25-19(22)20(35-13(2)28)26(21(25)27)24(33-12-34-26)10-15(29)14-9-23(25,30)18(24)17(14)32-5/h7-8,14-21,29-30H,6,9-12H2,1-5H3/t14-,15+,16+,17+,18+,19-,20+,21+,22+,23+,24-,25-,26-/m1/s1. The van der Waals surface area contributed by atoms with Crippen LogP contribution in [0.5, 0.6) is 0 Å². The number of esters is 1. The van der Waals surface area contributed by atoms with Gasteiger partial charge in [-0.15, -0.1) is 0 Å². The summed E-state index contributed by atoms with van der Waals surface area (Å²) < 4.78 is 31.9. The molecule has 4 saturated carbocycles. The summed E-state index contributed by atoms with van der Waals surface area (Å²) in [4.78, 5) is 15.1. The molecule has 9 nitrogen and oxygen atoms in total. The molecule has 0 radical (unpaired) electrons. The predicted molar refractivity (Wildman–Crippen MR) is 121 cm³/mol. The molecule has 5 aliphatic carbocycles. The highest BCUT2D eigenvalue weighted by Gasteiger charge is 2.97. The normalized spacial score (nSPS) is 61.1. The van der Waals surface area contributed by atoms with Gasteiger partial charge in [0, 0.05) is 57.3 Å². The zero-order chi connectivity index (χ0) is 24.8. The molecule has 2 N–H and O–H groups in total. The number of rotatable bonds is 4. The molecule has 7 bridgehead atoms. The van der Waals surface area contributed by atoms with Crippen molar-refractivity contribution in [2.75, 3.05) is 34.1 Å². The molecule has 3 spiro atoms. The number of nitrogens with zero attached hydrogens (tertiary/aromatic N) is 1. The number of aliphatic hydroxyl groups excluding tert-OH is 1. The van der Waals surface area contributed by atoms with Crippen molar-refractivity contribution in [3.63, 3.8) is 0 Å². The van der Waals surface area contributed by atoms with Crippen LogP contribution in [0, 0.1) is 28.6 Å². The number of aliphatic hydroxyl groups is 2. The highest BCUT2D eigenvalue weighted by Crippen LogP contribution is 2.83. The Morgan fingerprint density at radius 2 is 1.97 bits per heavy atom. The molecule has 0 amide bonds. The van der Waals surface area contributed by atoms with Crippen molar-refractivity contribution in [3.05, 3.63) is 12.2 Å². The zero-order valence-corrected chi connectivity index (χ0v) is 21.1. The summed E-state index contributed by atoms with van der Waals surface area (Å²) in [7, 11) is 3.33. The molecule has 2 saturated heterocycles. The van der Waals surface area contributed by atoms with E-state index in [1.807, 2.05) is 0 Å². The lowest BCUT2D eigenvalue weighted by molar-refractivity contribution is -0.317. The summed E-state index contributed by atoms with van der Waals surface area (Å²) >= 11 is 0. The molecule has 35 heavy (non-hydrogen) atoms. The van der Waals surface area contributed by atoms with E-state index in [2.05, 4.69) is 30.9 Å². The second kappa shape index (κ2) is 6.67. The number of carbonyl (C=O) groups is 1. The van der Waals surface area contributed by atoms with Crippen molar-refractivity contribution >= 4 is 5.97 Å². The van der Waals surface area contributed by atoms with Crippen LogP contribution in [-0.2, 0) is 28.5 Å². The maximum absolute atomic E-state index is 13.2. The van der Waals surface area contributed by atoms with E-state index in [9.17, 15) is 15.0 Å². The van der Waals surface area contributed by atoms with Gasteiger partial charge in [-0.1, -0.05) is 26.0 Å². The van der Waals surface area contributed by atoms with Gasteiger partial charge in [0.2, 0.25) is 0 Å². The van der Waals surface area contributed by atoms with E-state index in [1.165, 1.54) is 6.92 Å². The minimum atomic E-state index is -1.29. The first-order chi connectivity index (χ1) is 16.6. The zero-order valence-electron chi connectivity index (χ0n) is 21.1. The number of likely N-dealkylation sites (tertiary alicyclic amines) is 1. The van der Waals surface area contributed by atoms with Gasteiger partial charge in [0.15, 0.2) is 5.60 Å². The van der Waals surface area contributed by atoms with Crippen molar-refractivity contribution in [2.24, 2.45) is 28.6 Å². The predicted octanol–water partition coefficient (Wildman–Crippen LogP) is 0.472. The molecule has 9 heteroatoms. The molecule has 13 atom stereocenters. The van der Waals surface area contributed by atoms with Gasteiger partial charge >= 0.3 is 5.97 Å². The summed E-state index contributed by atoms with van der Waals surface area (Å²) in [6.45, 7) is 7.24. The third-order valence-corrected chi connectivity index (χ3v) is 11.4. The fourth-order valence-electron chi connectivity index (χ4n) is 11.0. The second-order valence-corrected chi connectivity index (χ2v) is 12.3. The van der Waals surface area contributed by atoms with E-state index in [0.29, 0.717) is 12.8 Å². The first kappa shape index (κ1) is 23.1. The Morgan fingerprint density at radius 1 is 1.20 bits per heavy atom. The maximum atomic E-state index is 13.2. The highest BCUT2D eigenvalue weighted by atomic mass is 16.7. The summed E-state index contributed by atoms with van der Waals surface area (Å²) in [5.74, 6) is -1.33. The van der Waals surface area contributed by atoms with Gasteiger partial charge in [-0.05, 0) is 13.0 Å². The van der Waals surface area contributed by atoms with Gasteiger partial charge in [0.1, 0.15) is 18.5 Å². The van der Waals surface area contributed by atoms with Crippen molar-refractivity contribution in [3.8, 4) is 0 Å². The maximum Gasteiger partial charge on any atom is 0.303 e. The van der Waals surface area contributed by atoms with Crippen LogP contribution in [0.15, 0.2) is 12.2 Å². The second-order valence-electron chi connectivity index (χ2n) is 12.3. The molecule has 2 aliphatic heterocycles. The quantitative estimate of drug-likeness (QED) is 0.429. The Kier molecular flexibility index (Phi) is 4.40. The SMILES string of the molecule is CCN1C[C@]2(C)C=C[C@H](OC)[C@@]34[C@H]1[C@]1(OCO[C@@]15C[C@H](O)[C@H]1C[C@]3(O)[C@@H]5[C@H]1OC)[C@@H](OC(C)=O)[C@@H]42. The fraction of sp³-hybridized carbons (Fsp3) is 0.885. The Hall–Kier alpha value is -1.07. The van der Waals surface area contributed by atoms with Crippen LogP contribution in [0.3, 0.4) is 0 Å². The number of piperidine rings is 1. The largest absolute Gasteiger partial charge is 0.459 e. The van der Waals surface area contributed by atoms with Crippen molar-refractivity contribution in [2.45, 2.75) is 80.9 Å². The molecular formula is C26H37NO8. The van der Waals surface area contributed by atoms with Gasteiger partial charge in [-0.3, -0.25) is 9.69 Å². The van der Waals surface area contributed by atoms with Crippen molar-refractivity contribution < 1.29 is 38.7 Å². The summed E-state index contributed by atoms with van der Waals surface area (Å²) in [6, 6.07) is -0.331. The molecule has 7 rings (SSSR count). The van der Waals surface area contributed by atoms with Crippen molar-refractivity contribution in [1.82, 2.24) is 4.90 Å². The average molecular weight is 492 g/mol. The summed E-state index contributed by atoms with van der Waals surface area (Å²) in [5, 5.41) is 24.7. The van der Waals surface area contributed by atoms with Crippen LogP contribution < -0.4 is 0 Å². The number of hydrogen-bond donors (Lipinski definition) is 2. The fourth-order valence-corrected chi connectivity index (χ4v) is 11.0. The van der Waals surface area contributed by atoms with E-state index in [4.69, 9.17) is 23.7 Å². The van der Waals surface area contributed by atoms with Crippen LogP contribution in [-0.4, -0.2) is 102 Å². The average Bonchev–Trinajstić information content (AvgIpc) is 3.36. The molecule has 0 aromatic heterocycles. The third kappa shape index (κ3) is 2.05. The Bertz CT molecular complexity index is 1010. The van der Waals surface area contributed by atoms with Crippen LogP contribution in [0.2, 0.25) is 0 Å². The van der Waals surface area contributed by atoms with Crippen molar-refractivity contribution in [1.29, 1.82) is 0 Å². The van der Waals surface area contributed by atoms with E-state index in [-0.39, 0.29) is 30.6 Å². The molecule has 0 aromatic rings. The number of methoxy groups -OCH3 is 2.